The Balaban J connectivity index is 2.02. The van der Waals surface area contributed by atoms with Gasteiger partial charge in [0.1, 0.15) is 17.2 Å². The van der Waals surface area contributed by atoms with Gasteiger partial charge in [0.15, 0.2) is 0 Å². The maximum atomic E-state index is 12.2. The SMILES string of the molecule is COc1ccc(OC)c(NC(=O)C(=O)NCc2ccccc2OC(C)C)c1. The first kappa shape index (κ1) is 20.1. The van der Waals surface area contributed by atoms with Gasteiger partial charge in [0, 0.05) is 18.2 Å². The van der Waals surface area contributed by atoms with Gasteiger partial charge in [0.05, 0.1) is 26.0 Å². The molecule has 0 atom stereocenters. The largest absolute Gasteiger partial charge is 0.497 e. The standard InChI is InChI=1S/C20H24N2O5/c1-13(2)27-17-8-6-5-7-14(17)12-21-19(23)20(24)22-16-11-15(25-3)9-10-18(16)26-4/h5-11,13H,12H2,1-4H3,(H,21,23)(H,22,24). The highest BCUT2D eigenvalue weighted by Crippen LogP contribution is 2.28. The molecular weight excluding hydrogens is 348 g/mol. The Kier molecular flexibility index (Phi) is 7.05. The minimum atomic E-state index is -0.802. The van der Waals surface area contributed by atoms with Crippen LogP contribution in [0.1, 0.15) is 19.4 Å². The summed E-state index contributed by atoms with van der Waals surface area (Å²) >= 11 is 0. The first-order valence-electron chi connectivity index (χ1n) is 8.50. The van der Waals surface area contributed by atoms with Crippen molar-refractivity contribution in [3.8, 4) is 17.2 Å². The van der Waals surface area contributed by atoms with Crippen LogP contribution in [0.4, 0.5) is 5.69 Å². The van der Waals surface area contributed by atoms with Gasteiger partial charge in [-0.1, -0.05) is 18.2 Å². The minimum absolute atomic E-state index is 0.00526. The smallest absolute Gasteiger partial charge is 0.313 e. The van der Waals surface area contributed by atoms with Gasteiger partial charge < -0.3 is 24.8 Å². The third-order valence-electron chi connectivity index (χ3n) is 3.64. The zero-order chi connectivity index (χ0) is 19.8. The van der Waals surface area contributed by atoms with Crippen LogP contribution in [0.5, 0.6) is 17.2 Å². The first-order valence-corrected chi connectivity index (χ1v) is 8.50. The fourth-order valence-electron chi connectivity index (χ4n) is 2.37. The molecule has 0 aliphatic rings. The number of benzene rings is 2. The molecule has 0 aromatic heterocycles. The second-order valence-electron chi connectivity index (χ2n) is 5.98. The monoisotopic (exact) mass is 372 g/mol. The summed E-state index contributed by atoms with van der Waals surface area (Å²) in [6.07, 6.45) is 0.00526. The van der Waals surface area contributed by atoms with Crippen LogP contribution < -0.4 is 24.8 Å². The summed E-state index contributed by atoms with van der Waals surface area (Å²) < 4.78 is 16.0. The molecule has 7 nitrogen and oxygen atoms in total. The molecular formula is C20H24N2O5. The van der Waals surface area contributed by atoms with E-state index in [0.29, 0.717) is 22.9 Å². The lowest BCUT2D eigenvalue weighted by Crippen LogP contribution is -2.35. The van der Waals surface area contributed by atoms with Crippen LogP contribution in [0.15, 0.2) is 42.5 Å². The molecule has 0 aliphatic carbocycles. The number of hydrogen-bond donors (Lipinski definition) is 2. The normalized spacial score (nSPS) is 10.3. The Hall–Kier alpha value is -3.22. The van der Waals surface area contributed by atoms with E-state index in [9.17, 15) is 9.59 Å². The highest BCUT2D eigenvalue weighted by Gasteiger charge is 2.17. The number of para-hydroxylation sites is 1. The quantitative estimate of drug-likeness (QED) is 0.730. The summed E-state index contributed by atoms with van der Waals surface area (Å²) in [6, 6.07) is 12.3. The lowest BCUT2D eigenvalue weighted by molar-refractivity contribution is -0.136. The van der Waals surface area contributed by atoms with Crippen molar-refractivity contribution >= 4 is 17.5 Å². The number of methoxy groups -OCH3 is 2. The summed E-state index contributed by atoms with van der Waals surface area (Å²) in [5.41, 5.74) is 1.13. The summed E-state index contributed by atoms with van der Waals surface area (Å²) in [5, 5.41) is 5.13. The number of anilines is 1. The molecule has 0 fully saturated rings. The van der Waals surface area contributed by atoms with Gasteiger partial charge in [-0.3, -0.25) is 9.59 Å². The number of hydrogen-bond acceptors (Lipinski definition) is 5. The number of carbonyl (C=O) groups is 2. The van der Waals surface area contributed by atoms with Gasteiger partial charge in [-0.2, -0.15) is 0 Å². The molecule has 0 aliphatic heterocycles. The second kappa shape index (κ2) is 9.47. The molecule has 2 amide bonds. The maximum absolute atomic E-state index is 12.2. The van der Waals surface area contributed by atoms with Crippen molar-refractivity contribution in [2.45, 2.75) is 26.5 Å². The zero-order valence-corrected chi connectivity index (χ0v) is 15.9. The molecule has 7 heteroatoms. The highest BCUT2D eigenvalue weighted by molar-refractivity contribution is 6.39. The summed E-state index contributed by atoms with van der Waals surface area (Å²) in [5.74, 6) is 0.0598. The fraction of sp³-hybridized carbons (Fsp3) is 0.300. The third kappa shape index (κ3) is 5.64. The van der Waals surface area contributed by atoms with Crippen molar-refractivity contribution in [3.05, 3.63) is 48.0 Å². The Morgan fingerprint density at radius 2 is 1.70 bits per heavy atom. The number of nitrogens with one attached hydrogen (secondary N) is 2. The Morgan fingerprint density at radius 1 is 0.963 bits per heavy atom. The van der Waals surface area contributed by atoms with E-state index in [-0.39, 0.29) is 12.6 Å². The number of ether oxygens (including phenoxy) is 3. The van der Waals surface area contributed by atoms with Crippen molar-refractivity contribution in [1.29, 1.82) is 0 Å². The predicted molar refractivity (Wildman–Crippen MR) is 102 cm³/mol. The molecule has 0 radical (unpaired) electrons. The molecule has 2 aromatic rings. The molecule has 2 aromatic carbocycles. The molecule has 0 unspecified atom stereocenters. The van der Waals surface area contributed by atoms with Gasteiger partial charge in [0.25, 0.3) is 0 Å². The molecule has 0 heterocycles. The fourth-order valence-corrected chi connectivity index (χ4v) is 2.37. The van der Waals surface area contributed by atoms with Crippen molar-refractivity contribution < 1.29 is 23.8 Å². The number of rotatable bonds is 7. The van der Waals surface area contributed by atoms with E-state index in [1.165, 1.54) is 14.2 Å². The Bertz CT molecular complexity index is 805. The van der Waals surface area contributed by atoms with Crippen LogP contribution >= 0.6 is 0 Å². The van der Waals surface area contributed by atoms with Gasteiger partial charge in [0.2, 0.25) is 0 Å². The molecule has 0 saturated heterocycles. The molecule has 27 heavy (non-hydrogen) atoms. The van der Waals surface area contributed by atoms with Crippen molar-refractivity contribution in [3.63, 3.8) is 0 Å². The molecule has 0 bridgehead atoms. The Morgan fingerprint density at radius 3 is 2.37 bits per heavy atom. The van der Waals surface area contributed by atoms with E-state index in [1.807, 2.05) is 38.1 Å². The van der Waals surface area contributed by atoms with Crippen LogP contribution in [0.3, 0.4) is 0 Å². The van der Waals surface area contributed by atoms with Crippen LogP contribution in [-0.2, 0) is 16.1 Å². The van der Waals surface area contributed by atoms with E-state index in [1.54, 1.807) is 18.2 Å². The van der Waals surface area contributed by atoms with E-state index >= 15 is 0 Å². The van der Waals surface area contributed by atoms with Gasteiger partial charge >= 0.3 is 11.8 Å². The van der Waals surface area contributed by atoms with Crippen LogP contribution in [-0.4, -0.2) is 32.1 Å². The maximum Gasteiger partial charge on any atom is 0.313 e. The average molecular weight is 372 g/mol. The van der Waals surface area contributed by atoms with Gasteiger partial charge in [-0.05, 0) is 32.0 Å². The van der Waals surface area contributed by atoms with Crippen LogP contribution in [0.2, 0.25) is 0 Å². The highest BCUT2D eigenvalue weighted by atomic mass is 16.5. The average Bonchev–Trinajstić information content (AvgIpc) is 2.66. The van der Waals surface area contributed by atoms with Crippen molar-refractivity contribution in [1.82, 2.24) is 5.32 Å². The molecule has 2 N–H and O–H groups in total. The van der Waals surface area contributed by atoms with E-state index in [4.69, 9.17) is 14.2 Å². The van der Waals surface area contributed by atoms with E-state index in [2.05, 4.69) is 10.6 Å². The number of amides is 2. The van der Waals surface area contributed by atoms with Crippen LogP contribution in [0, 0.1) is 0 Å². The van der Waals surface area contributed by atoms with E-state index < -0.39 is 11.8 Å². The molecule has 0 saturated carbocycles. The summed E-state index contributed by atoms with van der Waals surface area (Å²) in [6.45, 7) is 4.01. The molecule has 2 rings (SSSR count). The lowest BCUT2D eigenvalue weighted by Gasteiger charge is -2.15. The lowest BCUT2D eigenvalue weighted by atomic mass is 10.2. The first-order chi connectivity index (χ1) is 12.9. The third-order valence-corrected chi connectivity index (χ3v) is 3.64. The minimum Gasteiger partial charge on any atom is -0.497 e. The predicted octanol–water partition coefficient (Wildman–Crippen LogP) is 2.75. The van der Waals surface area contributed by atoms with Crippen LogP contribution in [0.25, 0.3) is 0 Å². The topological polar surface area (TPSA) is 85.9 Å². The Labute approximate surface area is 158 Å². The number of carbonyl (C=O) groups excluding carboxylic acids is 2. The summed E-state index contributed by atoms with van der Waals surface area (Å²) in [7, 11) is 2.99. The van der Waals surface area contributed by atoms with Gasteiger partial charge in [-0.15, -0.1) is 0 Å². The second-order valence-corrected chi connectivity index (χ2v) is 5.98. The molecule has 0 spiro atoms. The van der Waals surface area contributed by atoms with Gasteiger partial charge in [-0.25, -0.2) is 0 Å². The molecule has 144 valence electrons. The van der Waals surface area contributed by atoms with E-state index in [0.717, 1.165) is 5.56 Å². The summed E-state index contributed by atoms with van der Waals surface area (Å²) in [4.78, 5) is 24.4. The van der Waals surface area contributed by atoms with Crippen molar-refractivity contribution in [2.24, 2.45) is 0 Å². The zero-order valence-electron chi connectivity index (χ0n) is 15.9. The van der Waals surface area contributed by atoms with Crippen molar-refractivity contribution in [2.75, 3.05) is 19.5 Å².